The number of hydrogen-bond donors (Lipinski definition) is 4. The van der Waals surface area contributed by atoms with Crippen LogP contribution < -0.4 is 21.7 Å². The highest BCUT2D eigenvalue weighted by atomic mass is 16.2. The van der Waals surface area contributed by atoms with Gasteiger partial charge in [-0.05, 0) is 18.2 Å². The van der Waals surface area contributed by atoms with Crippen molar-refractivity contribution < 1.29 is 9.59 Å². The van der Waals surface area contributed by atoms with Crippen LogP contribution >= 0.6 is 0 Å². The van der Waals surface area contributed by atoms with E-state index in [2.05, 4.69) is 16.0 Å². The molecule has 116 valence electrons. The van der Waals surface area contributed by atoms with Gasteiger partial charge in [-0.2, -0.15) is 0 Å². The summed E-state index contributed by atoms with van der Waals surface area (Å²) in [5.74, 6) is -0.0447. The summed E-state index contributed by atoms with van der Waals surface area (Å²) in [7, 11) is 1.84. The van der Waals surface area contributed by atoms with Crippen molar-refractivity contribution in [2.75, 3.05) is 33.2 Å². The fraction of sp³-hybridized carbons (Fsp3) is 0.467. The summed E-state index contributed by atoms with van der Waals surface area (Å²) in [6.07, 6.45) is 0.679. The van der Waals surface area contributed by atoms with Gasteiger partial charge in [0.1, 0.15) is 0 Å². The zero-order chi connectivity index (χ0) is 15.5. The minimum atomic E-state index is -0.0435. The molecule has 0 saturated heterocycles. The molecule has 0 saturated carbocycles. The van der Waals surface area contributed by atoms with Crippen LogP contribution in [0.5, 0.6) is 0 Å². The predicted octanol–water partition coefficient (Wildman–Crippen LogP) is -0.818. The molecule has 0 heterocycles. The predicted molar refractivity (Wildman–Crippen MR) is 82.9 cm³/mol. The van der Waals surface area contributed by atoms with Crippen molar-refractivity contribution in [1.82, 2.24) is 16.0 Å². The molecule has 1 aromatic rings. The van der Waals surface area contributed by atoms with E-state index in [4.69, 9.17) is 5.73 Å². The van der Waals surface area contributed by atoms with Crippen LogP contribution in [-0.2, 0) is 22.4 Å². The van der Waals surface area contributed by atoms with Crippen LogP contribution in [0.2, 0.25) is 0 Å². The van der Waals surface area contributed by atoms with Gasteiger partial charge in [-0.15, -0.1) is 0 Å². The highest BCUT2D eigenvalue weighted by Crippen LogP contribution is 2.06. The van der Waals surface area contributed by atoms with E-state index < -0.39 is 0 Å². The highest BCUT2D eigenvalue weighted by molar-refractivity contribution is 5.79. The van der Waals surface area contributed by atoms with Crippen LogP contribution in [0.1, 0.15) is 11.1 Å². The Morgan fingerprint density at radius 1 is 0.905 bits per heavy atom. The van der Waals surface area contributed by atoms with E-state index in [1.54, 1.807) is 0 Å². The first-order valence-electron chi connectivity index (χ1n) is 7.11. The van der Waals surface area contributed by atoms with E-state index in [1.165, 1.54) is 0 Å². The molecule has 0 radical (unpaired) electrons. The van der Waals surface area contributed by atoms with Gasteiger partial charge in [0.2, 0.25) is 11.8 Å². The number of hydrogen-bond acceptors (Lipinski definition) is 4. The fourth-order valence-electron chi connectivity index (χ4n) is 1.81. The molecule has 0 bridgehead atoms. The maximum absolute atomic E-state index is 11.7. The van der Waals surface area contributed by atoms with Crippen molar-refractivity contribution in [2.45, 2.75) is 12.8 Å². The second kappa shape index (κ2) is 9.90. The summed E-state index contributed by atoms with van der Waals surface area (Å²) in [6, 6.07) is 7.50. The van der Waals surface area contributed by atoms with Crippen molar-refractivity contribution in [1.29, 1.82) is 0 Å². The van der Waals surface area contributed by atoms with Gasteiger partial charge < -0.3 is 21.7 Å². The zero-order valence-corrected chi connectivity index (χ0v) is 12.4. The van der Waals surface area contributed by atoms with Crippen molar-refractivity contribution in [3.63, 3.8) is 0 Å². The van der Waals surface area contributed by atoms with E-state index in [-0.39, 0.29) is 11.8 Å². The van der Waals surface area contributed by atoms with Gasteiger partial charge in [-0.25, -0.2) is 0 Å². The Hall–Kier alpha value is -1.92. The van der Waals surface area contributed by atoms with Gasteiger partial charge in [0.05, 0.1) is 12.8 Å². The number of carbonyl (C=O) groups is 2. The van der Waals surface area contributed by atoms with Crippen LogP contribution in [0.15, 0.2) is 24.3 Å². The molecule has 0 aliphatic carbocycles. The lowest BCUT2D eigenvalue weighted by atomic mass is 10.1. The van der Waals surface area contributed by atoms with Crippen LogP contribution in [0.25, 0.3) is 0 Å². The van der Waals surface area contributed by atoms with E-state index >= 15 is 0 Å². The van der Waals surface area contributed by atoms with Crippen LogP contribution in [0.4, 0.5) is 0 Å². The van der Waals surface area contributed by atoms with Crippen molar-refractivity contribution in [2.24, 2.45) is 5.73 Å². The number of likely N-dealkylation sites (N-methyl/N-ethyl adjacent to an activating group) is 1. The molecule has 1 rings (SSSR count). The molecule has 2 amide bonds. The molecule has 0 spiro atoms. The average Bonchev–Trinajstić information content (AvgIpc) is 2.47. The lowest BCUT2D eigenvalue weighted by molar-refractivity contribution is -0.121. The lowest BCUT2D eigenvalue weighted by Gasteiger charge is -2.06. The number of benzene rings is 1. The smallest absolute Gasteiger partial charge is 0.224 e. The number of rotatable bonds is 9. The molecule has 6 heteroatoms. The van der Waals surface area contributed by atoms with Gasteiger partial charge in [0.15, 0.2) is 0 Å². The fourth-order valence-corrected chi connectivity index (χ4v) is 1.81. The number of amides is 2. The molecule has 5 N–H and O–H groups in total. The van der Waals surface area contributed by atoms with Gasteiger partial charge in [-0.1, -0.05) is 24.3 Å². The first-order valence-corrected chi connectivity index (χ1v) is 7.11. The SMILES string of the molecule is CNCCNC(=O)Cc1ccc(CC(=O)NCCN)cc1. The molecule has 0 aliphatic heterocycles. The standard InChI is InChI=1S/C15H24N4O2/c1-17-8-9-19-15(21)11-13-4-2-12(3-5-13)10-14(20)18-7-6-16/h2-5,17H,6-11,16H2,1H3,(H,18,20)(H,19,21). The Kier molecular flexibility index (Phi) is 8.08. The van der Waals surface area contributed by atoms with Crippen molar-refractivity contribution in [3.8, 4) is 0 Å². The Morgan fingerprint density at radius 2 is 1.38 bits per heavy atom. The maximum Gasteiger partial charge on any atom is 0.224 e. The van der Waals surface area contributed by atoms with Crippen LogP contribution in [0.3, 0.4) is 0 Å². The summed E-state index contributed by atoms with van der Waals surface area (Å²) in [5, 5.41) is 8.51. The second-order valence-corrected chi connectivity index (χ2v) is 4.76. The molecule has 21 heavy (non-hydrogen) atoms. The Bertz CT molecular complexity index is 445. The van der Waals surface area contributed by atoms with E-state index in [9.17, 15) is 9.59 Å². The quantitative estimate of drug-likeness (QED) is 0.447. The summed E-state index contributed by atoms with van der Waals surface area (Å²) >= 11 is 0. The largest absolute Gasteiger partial charge is 0.355 e. The number of carbonyl (C=O) groups excluding carboxylic acids is 2. The van der Waals surface area contributed by atoms with Gasteiger partial charge in [-0.3, -0.25) is 9.59 Å². The Labute approximate surface area is 125 Å². The first-order chi connectivity index (χ1) is 10.2. The third-order valence-corrected chi connectivity index (χ3v) is 2.92. The van der Waals surface area contributed by atoms with Crippen molar-refractivity contribution >= 4 is 11.8 Å². The van der Waals surface area contributed by atoms with Gasteiger partial charge in [0, 0.05) is 26.2 Å². The second-order valence-electron chi connectivity index (χ2n) is 4.76. The molecule has 6 nitrogen and oxygen atoms in total. The molecule has 0 aromatic heterocycles. The first kappa shape index (κ1) is 17.1. The third-order valence-electron chi connectivity index (χ3n) is 2.92. The van der Waals surface area contributed by atoms with Gasteiger partial charge in [0.25, 0.3) is 0 Å². The molecule has 0 fully saturated rings. The molecular formula is C15H24N4O2. The summed E-state index contributed by atoms with van der Waals surface area (Å²) in [5.41, 5.74) is 7.18. The summed E-state index contributed by atoms with van der Waals surface area (Å²) < 4.78 is 0. The molecular weight excluding hydrogens is 268 g/mol. The minimum absolute atomic E-state index is 0.00121. The maximum atomic E-state index is 11.7. The van der Waals surface area contributed by atoms with Crippen LogP contribution in [-0.4, -0.2) is 45.0 Å². The molecule has 0 aliphatic rings. The number of nitrogens with two attached hydrogens (primary N) is 1. The Balaban J connectivity index is 2.39. The molecule has 0 atom stereocenters. The third kappa shape index (κ3) is 7.43. The van der Waals surface area contributed by atoms with E-state index in [1.807, 2.05) is 31.3 Å². The summed E-state index contributed by atoms with van der Waals surface area (Å²) in [6.45, 7) is 2.30. The van der Waals surface area contributed by atoms with Gasteiger partial charge >= 0.3 is 0 Å². The topological polar surface area (TPSA) is 96.2 Å². The Morgan fingerprint density at radius 3 is 1.81 bits per heavy atom. The minimum Gasteiger partial charge on any atom is -0.355 e. The highest BCUT2D eigenvalue weighted by Gasteiger charge is 2.05. The van der Waals surface area contributed by atoms with Crippen LogP contribution in [0, 0.1) is 0 Å². The lowest BCUT2D eigenvalue weighted by Crippen LogP contribution is -2.31. The molecule has 1 aromatic carbocycles. The zero-order valence-electron chi connectivity index (χ0n) is 12.4. The van der Waals surface area contributed by atoms with E-state index in [0.29, 0.717) is 32.5 Å². The normalized spacial score (nSPS) is 10.2. The average molecular weight is 292 g/mol. The monoisotopic (exact) mass is 292 g/mol. The van der Waals surface area contributed by atoms with E-state index in [0.717, 1.165) is 17.7 Å². The molecule has 0 unspecified atom stereocenters. The summed E-state index contributed by atoms with van der Waals surface area (Å²) in [4.78, 5) is 23.2. The number of nitrogens with one attached hydrogen (secondary N) is 3. The van der Waals surface area contributed by atoms with Crippen molar-refractivity contribution in [3.05, 3.63) is 35.4 Å².